The lowest BCUT2D eigenvalue weighted by Gasteiger charge is -2.15. The van der Waals surface area contributed by atoms with Crippen LogP contribution in [0.5, 0.6) is 5.75 Å². The standard InChI is InChI=1S/C23H32FN3O3.HI/c1-5-25-23(26-14-18-7-9-21(24)20(13-18)16-29-4)27-15-19-8-6-17(2)12-22(19)30-11-10-28-3;/h6-9,12-13H,5,10-11,14-16H2,1-4H3,(H2,25,26,27);1H. The molecule has 0 saturated heterocycles. The third kappa shape index (κ3) is 9.40. The van der Waals surface area contributed by atoms with Crippen LogP contribution < -0.4 is 15.4 Å². The largest absolute Gasteiger partial charge is 0.491 e. The average molecular weight is 545 g/mol. The zero-order valence-corrected chi connectivity index (χ0v) is 21.0. The van der Waals surface area contributed by atoms with E-state index < -0.39 is 0 Å². The maximum Gasteiger partial charge on any atom is 0.191 e. The van der Waals surface area contributed by atoms with Gasteiger partial charge in [-0.05, 0) is 43.2 Å². The molecule has 0 heterocycles. The summed E-state index contributed by atoms with van der Waals surface area (Å²) in [5.41, 5.74) is 3.61. The second-order valence-electron chi connectivity index (χ2n) is 6.86. The summed E-state index contributed by atoms with van der Waals surface area (Å²) < 4.78 is 29.8. The summed E-state index contributed by atoms with van der Waals surface area (Å²) in [6.07, 6.45) is 0. The molecule has 0 amide bonds. The molecule has 2 N–H and O–H groups in total. The Morgan fingerprint density at radius 2 is 1.81 bits per heavy atom. The van der Waals surface area contributed by atoms with Gasteiger partial charge in [-0.1, -0.05) is 18.2 Å². The molecular formula is C23H33FIN3O3. The molecule has 0 aliphatic heterocycles. The van der Waals surface area contributed by atoms with Gasteiger partial charge in [-0.25, -0.2) is 9.38 Å². The molecule has 2 aromatic carbocycles. The van der Waals surface area contributed by atoms with E-state index in [1.54, 1.807) is 26.4 Å². The van der Waals surface area contributed by atoms with Crippen LogP contribution in [0.2, 0.25) is 0 Å². The quantitative estimate of drug-likeness (QED) is 0.192. The normalized spacial score (nSPS) is 11.1. The van der Waals surface area contributed by atoms with E-state index >= 15 is 0 Å². The van der Waals surface area contributed by atoms with E-state index in [0.29, 0.717) is 37.8 Å². The van der Waals surface area contributed by atoms with Crippen molar-refractivity contribution in [2.24, 2.45) is 4.99 Å². The molecule has 2 rings (SSSR count). The minimum atomic E-state index is -0.269. The molecule has 0 bridgehead atoms. The summed E-state index contributed by atoms with van der Waals surface area (Å²) in [6.45, 7) is 7.03. The lowest BCUT2D eigenvalue weighted by molar-refractivity contribution is 0.145. The van der Waals surface area contributed by atoms with Gasteiger partial charge in [0, 0.05) is 38.4 Å². The first-order valence-corrected chi connectivity index (χ1v) is 10.1. The minimum absolute atomic E-state index is 0. The molecule has 31 heavy (non-hydrogen) atoms. The maximum absolute atomic E-state index is 13.8. The molecule has 172 valence electrons. The first kappa shape index (κ1) is 27.1. The highest BCUT2D eigenvalue weighted by Crippen LogP contribution is 2.20. The Morgan fingerprint density at radius 3 is 2.52 bits per heavy atom. The summed E-state index contributed by atoms with van der Waals surface area (Å²) in [5.74, 6) is 1.24. The zero-order chi connectivity index (χ0) is 21.8. The van der Waals surface area contributed by atoms with E-state index in [1.165, 1.54) is 6.07 Å². The lowest BCUT2D eigenvalue weighted by atomic mass is 10.1. The molecule has 8 heteroatoms. The van der Waals surface area contributed by atoms with E-state index in [4.69, 9.17) is 14.2 Å². The van der Waals surface area contributed by atoms with Crippen LogP contribution in [0.1, 0.15) is 29.2 Å². The van der Waals surface area contributed by atoms with E-state index in [0.717, 1.165) is 29.0 Å². The molecule has 0 aliphatic carbocycles. The predicted octanol–water partition coefficient (Wildman–Crippen LogP) is 4.18. The Bertz CT molecular complexity index is 834. The number of nitrogens with one attached hydrogen (secondary N) is 2. The second kappa shape index (κ2) is 15.0. The van der Waals surface area contributed by atoms with Gasteiger partial charge in [0.2, 0.25) is 0 Å². The maximum atomic E-state index is 13.8. The van der Waals surface area contributed by atoms with E-state index in [1.807, 2.05) is 26.0 Å². The number of hydrogen-bond acceptors (Lipinski definition) is 4. The van der Waals surface area contributed by atoms with E-state index in [9.17, 15) is 4.39 Å². The monoisotopic (exact) mass is 545 g/mol. The fourth-order valence-corrected chi connectivity index (χ4v) is 2.86. The van der Waals surface area contributed by atoms with Crippen LogP contribution in [-0.2, 0) is 29.2 Å². The van der Waals surface area contributed by atoms with Crippen LogP contribution in [-0.4, -0.2) is 39.9 Å². The Balaban J connectivity index is 0.00000480. The minimum Gasteiger partial charge on any atom is -0.491 e. The molecule has 2 aromatic rings. The molecule has 0 aliphatic rings. The predicted molar refractivity (Wildman–Crippen MR) is 133 cm³/mol. The number of aryl methyl sites for hydroxylation is 1. The first-order chi connectivity index (χ1) is 14.6. The smallest absolute Gasteiger partial charge is 0.191 e. The molecule has 0 spiro atoms. The van der Waals surface area contributed by atoms with Gasteiger partial charge in [0.25, 0.3) is 0 Å². The van der Waals surface area contributed by atoms with Crippen molar-refractivity contribution in [1.82, 2.24) is 10.6 Å². The number of guanidine groups is 1. The fourth-order valence-electron chi connectivity index (χ4n) is 2.86. The van der Waals surface area contributed by atoms with Gasteiger partial charge in [0.1, 0.15) is 18.2 Å². The number of ether oxygens (including phenoxy) is 3. The highest BCUT2D eigenvalue weighted by Gasteiger charge is 2.07. The van der Waals surface area contributed by atoms with Crippen LogP contribution in [0, 0.1) is 12.7 Å². The third-order valence-electron chi connectivity index (χ3n) is 4.39. The summed E-state index contributed by atoms with van der Waals surface area (Å²) in [7, 11) is 3.20. The molecule has 0 saturated carbocycles. The van der Waals surface area contributed by atoms with Crippen LogP contribution >= 0.6 is 24.0 Å². The molecule has 0 radical (unpaired) electrons. The zero-order valence-electron chi connectivity index (χ0n) is 18.7. The molecular weight excluding hydrogens is 512 g/mol. The Labute approximate surface area is 201 Å². The number of benzene rings is 2. The number of halogens is 2. The van der Waals surface area contributed by atoms with Crippen molar-refractivity contribution in [3.05, 3.63) is 64.5 Å². The number of hydrogen-bond donors (Lipinski definition) is 2. The average Bonchev–Trinajstić information content (AvgIpc) is 2.73. The Kier molecular flexibility index (Phi) is 13.1. The van der Waals surface area contributed by atoms with Crippen molar-refractivity contribution in [2.75, 3.05) is 34.0 Å². The van der Waals surface area contributed by atoms with Gasteiger partial charge in [0.05, 0.1) is 19.8 Å². The van der Waals surface area contributed by atoms with Crippen LogP contribution in [0.4, 0.5) is 4.39 Å². The first-order valence-electron chi connectivity index (χ1n) is 10.1. The van der Waals surface area contributed by atoms with Crippen molar-refractivity contribution in [3.63, 3.8) is 0 Å². The number of methoxy groups -OCH3 is 2. The lowest BCUT2D eigenvalue weighted by Crippen LogP contribution is -2.36. The molecule has 0 atom stereocenters. The number of rotatable bonds is 11. The van der Waals surface area contributed by atoms with Crippen LogP contribution in [0.15, 0.2) is 41.4 Å². The summed E-state index contributed by atoms with van der Waals surface area (Å²) in [4.78, 5) is 4.62. The van der Waals surface area contributed by atoms with Gasteiger partial charge < -0.3 is 24.8 Å². The topological polar surface area (TPSA) is 64.1 Å². The second-order valence-corrected chi connectivity index (χ2v) is 6.86. The molecule has 0 aromatic heterocycles. The Morgan fingerprint density at radius 1 is 1.00 bits per heavy atom. The van der Waals surface area contributed by atoms with Crippen molar-refractivity contribution >= 4 is 29.9 Å². The fraction of sp³-hybridized carbons (Fsp3) is 0.435. The number of aliphatic imine (C=N–C) groups is 1. The van der Waals surface area contributed by atoms with Crippen molar-refractivity contribution < 1.29 is 18.6 Å². The van der Waals surface area contributed by atoms with Crippen LogP contribution in [0.25, 0.3) is 0 Å². The molecule has 0 unspecified atom stereocenters. The van der Waals surface area contributed by atoms with Gasteiger partial charge in [-0.2, -0.15) is 0 Å². The third-order valence-corrected chi connectivity index (χ3v) is 4.39. The molecule has 6 nitrogen and oxygen atoms in total. The van der Waals surface area contributed by atoms with Gasteiger partial charge in [-0.3, -0.25) is 0 Å². The Hall–Kier alpha value is -1.91. The van der Waals surface area contributed by atoms with Crippen molar-refractivity contribution in [3.8, 4) is 5.75 Å². The van der Waals surface area contributed by atoms with Crippen molar-refractivity contribution in [1.29, 1.82) is 0 Å². The van der Waals surface area contributed by atoms with Gasteiger partial charge in [-0.15, -0.1) is 24.0 Å². The highest BCUT2D eigenvalue weighted by atomic mass is 127. The summed E-state index contributed by atoms with van der Waals surface area (Å²) in [6, 6.07) is 11.1. The summed E-state index contributed by atoms with van der Waals surface area (Å²) >= 11 is 0. The van der Waals surface area contributed by atoms with E-state index in [2.05, 4.69) is 21.7 Å². The van der Waals surface area contributed by atoms with Crippen molar-refractivity contribution in [2.45, 2.75) is 33.5 Å². The van der Waals surface area contributed by atoms with Gasteiger partial charge >= 0.3 is 0 Å². The van der Waals surface area contributed by atoms with E-state index in [-0.39, 0.29) is 36.4 Å². The molecule has 0 fully saturated rings. The number of nitrogens with zero attached hydrogens (tertiary/aromatic N) is 1. The van der Waals surface area contributed by atoms with Crippen LogP contribution in [0.3, 0.4) is 0 Å². The summed E-state index contributed by atoms with van der Waals surface area (Å²) in [5, 5.41) is 6.57. The van der Waals surface area contributed by atoms with Gasteiger partial charge in [0.15, 0.2) is 5.96 Å². The SMILES string of the molecule is CCNC(=NCc1ccc(F)c(COC)c1)NCc1ccc(C)cc1OCCOC.I. The highest BCUT2D eigenvalue weighted by molar-refractivity contribution is 14.0.